The number of fused-ring (bicyclic) bond motifs is 3. The molecule has 4 aromatic rings. The highest BCUT2D eigenvalue weighted by molar-refractivity contribution is 7.99. The molecule has 0 saturated heterocycles. The number of anilines is 1. The van der Waals surface area contributed by atoms with E-state index in [1.54, 1.807) is 30.5 Å². The third-order valence-electron chi connectivity index (χ3n) is 5.38. The Morgan fingerprint density at radius 3 is 2.81 bits per heavy atom. The number of aryl methyl sites for hydroxylation is 2. The molecule has 0 aliphatic heterocycles. The number of carbonyl (C=O) groups excluding carboxylic acids is 1. The SMILES string of the molecule is Cn1c(SCC(=O)Nc2nc(-c3ccc(F)cc3)cs2)nc2sc3c(c2c1=O)CCCC3. The summed E-state index contributed by atoms with van der Waals surface area (Å²) in [4.78, 5) is 36.6. The van der Waals surface area contributed by atoms with E-state index in [2.05, 4.69) is 10.3 Å². The van der Waals surface area contributed by atoms with Gasteiger partial charge in [-0.15, -0.1) is 22.7 Å². The van der Waals surface area contributed by atoms with Crippen LogP contribution in [0.4, 0.5) is 9.52 Å². The smallest absolute Gasteiger partial charge is 0.262 e. The Kier molecular flexibility index (Phi) is 5.83. The highest BCUT2D eigenvalue weighted by Gasteiger charge is 2.21. The number of hydrogen-bond acceptors (Lipinski definition) is 7. The lowest BCUT2D eigenvalue weighted by Gasteiger charge is -2.10. The number of halogens is 1. The Labute approximate surface area is 195 Å². The molecule has 32 heavy (non-hydrogen) atoms. The molecular weight excluding hydrogens is 467 g/mol. The van der Waals surface area contributed by atoms with Crippen molar-refractivity contribution in [2.24, 2.45) is 7.05 Å². The second-order valence-corrected chi connectivity index (χ2v) is 10.4. The van der Waals surface area contributed by atoms with E-state index in [9.17, 15) is 14.0 Å². The lowest BCUT2D eigenvalue weighted by atomic mass is 9.97. The molecule has 0 saturated carbocycles. The fourth-order valence-corrected chi connectivity index (χ4v) is 6.58. The minimum atomic E-state index is -0.307. The van der Waals surface area contributed by atoms with Crippen LogP contribution in [0.2, 0.25) is 0 Å². The van der Waals surface area contributed by atoms with Crippen LogP contribution in [0.1, 0.15) is 23.3 Å². The Morgan fingerprint density at radius 2 is 2.00 bits per heavy atom. The number of nitrogens with zero attached hydrogens (tertiary/aromatic N) is 3. The molecule has 3 aromatic heterocycles. The Morgan fingerprint density at radius 1 is 1.22 bits per heavy atom. The molecule has 0 unspecified atom stereocenters. The number of aromatic nitrogens is 3. The molecule has 0 atom stereocenters. The van der Waals surface area contributed by atoms with Crippen LogP contribution in [0.3, 0.4) is 0 Å². The maximum absolute atomic E-state index is 13.1. The topological polar surface area (TPSA) is 76.9 Å². The minimum absolute atomic E-state index is 0.0406. The number of carbonyl (C=O) groups is 1. The zero-order valence-electron chi connectivity index (χ0n) is 17.2. The maximum atomic E-state index is 13.1. The molecule has 6 nitrogen and oxygen atoms in total. The summed E-state index contributed by atoms with van der Waals surface area (Å²) >= 11 is 4.15. The average molecular weight is 487 g/mol. The third-order valence-corrected chi connectivity index (χ3v) is 8.35. The van der Waals surface area contributed by atoms with E-state index in [0.717, 1.165) is 41.5 Å². The molecule has 1 aromatic carbocycles. The van der Waals surface area contributed by atoms with Crippen molar-refractivity contribution in [1.29, 1.82) is 0 Å². The molecule has 1 aliphatic carbocycles. The molecule has 0 fully saturated rings. The lowest BCUT2D eigenvalue weighted by molar-refractivity contribution is -0.113. The number of thiazole rings is 1. The lowest BCUT2D eigenvalue weighted by Crippen LogP contribution is -2.21. The van der Waals surface area contributed by atoms with Crippen molar-refractivity contribution in [2.45, 2.75) is 30.8 Å². The van der Waals surface area contributed by atoms with Crippen LogP contribution >= 0.6 is 34.4 Å². The predicted molar refractivity (Wildman–Crippen MR) is 128 cm³/mol. The van der Waals surface area contributed by atoms with Crippen LogP contribution in [0, 0.1) is 5.82 Å². The molecule has 0 bridgehead atoms. The zero-order chi connectivity index (χ0) is 22.2. The second kappa shape index (κ2) is 8.76. The molecule has 1 N–H and O–H groups in total. The molecule has 1 aliphatic rings. The summed E-state index contributed by atoms with van der Waals surface area (Å²) in [6.07, 6.45) is 4.22. The van der Waals surface area contributed by atoms with Gasteiger partial charge in [0.1, 0.15) is 10.6 Å². The van der Waals surface area contributed by atoms with Crippen molar-refractivity contribution in [3.63, 3.8) is 0 Å². The molecule has 10 heteroatoms. The van der Waals surface area contributed by atoms with Gasteiger partial charge in [0.2, 0.25) is 5.91 Å². The monoisotopic (exact) mass is 486 g/mol. The predicted octanol–water partition coefficient (Wildman–Crippen LogP) is 4.87. The van der Waals surface area contributed by atoms with Gasteiger partial charge in [0.15, 0.2) is 10.3 Å². The number of thiophene rings is 1. The Bertz CT molecular complexity index is 1370. The van der Waals surface area contributed by atoms with Gasteiger partial charge < -0.3 is 5.32 Å². The van der Waals surface area contributed by atoms with Gasteiger partial charge in [0.25, 0.3) is 5.56 Å². The van der Waals surface area contributed by atoms with Crippen LogP contribution in [-0.4, -0.2) is 26.2 Å². The Hall–Kier alpha value is -2.56. The molecule has 5 rings (SSSR count). The van der Waals surface area contributed by atoms with Crippen LogP contribution in [-0.2, 0) is 24.7 Å². The van der Waals surface area contributed by atoms with Crippen molar-refractivity contribution >= 4 is 55.7 Å². The van der Waals surface area contributed by atoms with Crippen LogP contribution in [0.25, 0.3) is 21.5 Å². The minimum Gasteiger partial charge on any atom is -0.301 e. The number of benzene rings is 1. The van der Waals surface area contributed by atoms with Gasteiger partial charge in [-0.1, -0.05) is 11.8 Å². The quantitative estimate of drug-likeness (QED) is 0.322. The normalized spacial score (nSPS) is 13.3. The highest BCUT2D eigenvalue weighted by atomic mass is 32.2. The molecule has 0 spiro atoms. The summed E-state index contributed by atoms with van der Waals surface area (Å²) in [5, 5.41) is 6.35. The average Bonchev–Trinajstić information content (AvgIpc) is 3.40. The summed E-state index contributed by atoms with van der Waals surface area (Å²) in [5.74, 6) is -0.421. The van der Waals surface area contributed by atoms with E-state index >= 15 is 0 Å². The van der Waals surface area contributed by atoms with Gasteiger partial charge in [-0.2, -0.15) is 0 Å². The summed E-state index contributed by atoms with van der Waals surface area (Å²) in [5.41, 5.74) is 2.58. The van der Waals surface area contributed by atoms with Gasteiger partial charge in [-0.05, 0) is 55.5 Å². The third kappa shape index (κ3) is 4.10. The Balaban J connectivity index is 1.29. The van der Waals surface area contributed by atoms with Crippen LogP contribution < -0.4 is 10.9 Å². The largest absolute Gasteiger partial charge is 0.301 e. The van der Waals surface area contributed by atoms with Crippen molar-refractivity contribution < 1.29 is 9.18 Å². The molecule has 1 amide bonds. The van der Waals surface area contributed by atoms with Gasteiger partial charge in [-0.3, -0.25) is 14.2 Å². The van der Waals surface area contributed by atoms with Crippen molar-refractivity contribution in [2.75, 3.05) is 11.1 Å². The molecule has 164 valence electrons. The molecule has 0 radical (unpaired) electrons. The van der Waals surface area contributed by atoms with Crippen LogP contribution in [0.15, 0.2) is 39.6 Å². The number of hydrogen-bond donors (Lipinski definition) is 1. The summed E-state index contributed by atoms with van der Waals surface area (Å²) in [6.45, 7) is 0. The summed E-state index contributed by atoms with van der Waals surface area (Å²) < 4.78 is 14.6. The van der Waals surface area contributed by atoms with Crippen LogP contribution in [0.5, 0.6) is 0 Å². The van der Waals surface area contributed by atoms with E-state index in [0.29, 0.717) is 16.0 Å². The first-order chi connectivity index (χ1) is 15.5. The van der Waals surface area contributed by atoms with Gasteiger partial charge in [0, 0.05) is 22.9 Å². The molecule has 3 heterocycles. The maximum Gasteiger partial charge on any atom is 0.262 e. The van der Waals surface area contributed by atoms with Crippen molar-refractivity contribution in [3.05, 3.63) is 56.3 Å². The number of rotatable bonds is 5. The first kappa shape index (κ1) is 21.3. The zero-order valence-corrected chi connectivity index (χ0v) is 19.6. The highest BCUT2D eigenvalue weighted by Crippen LogP contribution is 2.34. The standard InChI is InChI=1S/C22H19FN4O2S3/c1-27-20(29)18-14-4-2-3-5-16(14)32-19(18)26-22(27)31-11-17(28)25-21-24-15(10-30-21)12-6-8-13(23)9-7-12/h6-10H,2-5,11H2,1H3,(H,24,25,28). The fourth-order valence-electron chi connectivity index (χ4n) is 3.77. The first-order valence-electron chi connectivity index (χ1n) is 10.1. The summed E-state index contributed by atoms with van der Waals surface area (Å²) in [6, 6.07) is 6.05. The number of thioether (sulfide) groups is 1. The van der Waals surface area contributed by atoms with E-state index in [-0.39, 0.29) is 23.0 Å². The summed E-state index contributed by atoms with van der Waals surface area (Å²) in [7, 11) is 1.71. The second-order valence-electron chi connectivity index (χ2n) is 7.53. The van der Waals surface area contributed by atoms with Crippen molar-refractivity contribution in [3.8, 4) is 11.3 Å². The first-order valence-corrected chi connectivity index (χ1v) is 12.8. The van der Waals surface area contributed by atoms with Gasteiger partial charge in [-0.25, -0.2) is 14.4 Å². The van der Waals surface area contributed by atoms with Gasteiger partial charge >= 0.3 is 0 Å². The van der Waals surface area contributed by atoms with E-state index in [1.807, 2.05) is 5.38 Å². The fraction of sp³-hybridized carbons (Fsp3) is 0.273. The van der Waals surface area contributed by atoms with E-state index < -0.39 is 0 Å². The van der Waals surface area contributed by atoms with E-state index in [1.165, 1.54) is 50.2 Å². The van der Waals surface area contributed by atoms with E-state index in [4.69, 9.17) is 4.98 Å². The van der Waals surface area contributed by atoms with Gasteiger partial charge in [0.05, 0.1) is 16.8 Å². The number of amides is 1. The molecular formula is C22H19FN4O2S3. The van der Waals surface area contributed by atoms with Crippen molar-refractivity contribution in [1.82, 2.24) is 14.5 Å². The number of nitrogens with one attached hydrogen (secondary N) is 1.